The molecule has 7 nitrogen and oxygen atoms in total. The number of hydrogen-bond acceptors (Lipinski definition) is 4. The van der Waals surface area contributed by atoms with E-state index in [1.807, 2.05) is 0 Å². The Kier molecular flexibility index (Phi) is 7.20. The summed E-state index contributed by atoms with van der Waals surface area (Å²) in [5.41, 5.74) is 0.265. The third-order valence-electron chi connectivity index (χ3n) is 10.1. The van der Waals surface area contributed by atoms with Gasteiger partial charge in [-0.3, -0.25) is 14.4 Å². The van der Waals surface area contributed by atoms with Gasteiger partial charge in [-0.05, 0) is 107 Å². The lowest BCUT2D eigenvalue weighted by Crippen LogP contribution is -2.51. The summed E-state index contributed by atoms with van der Waals surface area (Å²) < 4.78 is 20.8. The number of aryl methyl sites for hydroxylation is 1. The third-order valence-corrected chi connectivity index (χ3v) is 10.1. The molecule has 0 heterocycles. The van der Waals surface area contributed by atoms with Gasteiger partial charge in [0, 0.05) is 18.2 Å². The van der Waals surface area contributed by atoms with Gasteiger partial charge in [0.1, 0.15) is 0 Å². The summed E-state index contributed by atoms with van der Waals surface area (Å²) in [5.74, 6) is -1.27. The molecule has 4 saturated carbocycles. The van der Waals surface area contributed by atoms with Crippen LogP contribution in [0.25, 0.3) is 0 Å². The van der Waals surface area contributed by atoms with Crippen LogP contribution in [0.2, 0.25) is 0 Å². The van der Waals surface area contributed by atoms with Crippen molar-refractivity contribution in [1.29, 1.82) is 0 Å². The van der Waals surface area contributed by atoms with E-state index in [0.717, 1.165) is 32.1 Å². The Bertz CT molecular complexity index is 1110. The normalized spacial score (nSPS) is 33.3. The van der Waals surface area contributed by atoms with Gasteiger partial charge in [0.2, 0.25) is 5.91 Å². The Morgan fingerprint density at radius 2 is 1.74 bits per heavy atom. The lowest BCUT2D eigenvalue weighted by atomic mass is 9.70. The van der Waals surface area contributed by atoms with Crippen molar-refractivity contribution in [3.05, 3.63) is 29.1 Å². The minimum atomic E-state index is -0.818. The number of aliphatic carboxylic acids is 1. The van der Waals surface area contributed by atoms with E-state index in [0.29, 0.717) is 43.4 Å². The van der Waals surface area contributed by atoms with Crippen LogP contribution in [0.4, 0.5) is 4.39 Å². The van der Waals surface area contributed by atoms with Gasteiger partial charge in [0.05, 0.1) is 17.4 Å². The predicted molar refractivity (Wildman–Crippen MR) is 140 cm³/mol. The Morgan fingerprint density at radius 1 is 1.05 bits per heavy atom. The smallest absolute Gasteiger partial charge is 0.309 e. The Hall–Kier alpha value is -2.64. The molecule has 0 aliphatic heterocycles. The molecule has 3 N–H and O–H groups in total. The van der Waals surface area contributed by atoms with Crippen molar-refractivity contribution in [3.8, 4) is 5.75 Å². The van der Waals surface area contributed by atoms with Crippen LogP contribution in [-0.4, -0.2) is 41.6 Å². The second-order valence-corrected chi connectivity index (χ2v) is 13.0. The van der Waals surface area contributed by atoms with E-state index < -0.39 is 17.2 Å². The van der Waals surface area contributed by atoms with Crippen molar-refractivity contribution in [2.75, 3.05) is 6.54 Å². The zero-order valence-corrected chi connectivity index (χ0v) is 22.8. The summed E-state index contributed by atoms with van der Waals surface area (Å²) in [4.78, 5) is 38.3. The Morgan fingerprint density at radius 3 is 2.37 bits per heavy atom. The average molecular weight is 529 g/mol. The monoisotopic (exact) mass is 528 g/mol. The number of carboxylic acids is 1. The van der Waals surface area contributed by atoms with Crippen LogP contribution in [0, 0.1) is 41.3 Å². The number of benzene rings is 1. The number of fused-ring (bicyclic) bond motifs is 2. The topological polar surface area (TPSA) is 105 Å². The van der Waals surface area contributed by atoms with Crippen molar-refractivity contribution in [2.24, 2.45) is 28.6 Å². The molecule has 1 aromatic rings. The number of carbonyl (C=O) groups is 3. The second kappa shape index (κ2) is 10.2. The van der Waals surface area contributed by atoms with Crippen LogP contribution < -0.4 is 15.4 Å². The van der Waals surface area contributed by atoms with E-state index in [9.17, 15) is 23.9 Å². The molecule has 2 bridgehead atoms. The molecule has 4 aliphatic carbocycles. The predicted octanol–water partition coefficient (Wildman–Crippen LogP) is 5.00. The molecule has 4 atom stereocenters. The first kappa shape index (κ1) is 26.9. The molecule has 208 valence electrons. The highest BCUT2D eigenvalue weighted by Crippen LogP contribution is 2.49. The van der Waals surface area contributed by atoms with Crippen LogP contribution in [0.15, 0.2) is 12.1 Å². The quantitative estimate of drug-likeness (QED) is 0.441. The molecule has 1 aromatic carbocycles. The summed E-state index contributed by atoms with van der Waals surface area (Å²) in [6.45, 7) is 6.33. The van der Waals surface area contributed by atoms with Gasteiger partial charge < -0.3 is 20.5 Å². The number of nitrogens with one attached hydrogen (secondary N) is 2. The molecule has 0 unspecified atom stereocenters. The Balaban J connectivity index is 1.26. The maximum atomic E-state index is 14.8. The number of amides is 2. The summed E-state index contributed by atoms with van der Waals surface area (Å²) in [5, 5.41) is 15.8. The van der Waals surface area contributed by atoms with Gasteiger partial charge in [-0.1, -0.05) is 13.3 Å². The fourth-order valence-electron chi connectivity index (χ4n) is 7.21. The molecule has 0 saturated heterocycles. The van der Waals surface area contributed by atoms with Crippen LogP contribution in [0.1, 0.15) is 94.0 Å². The Labute approximate surface area is 224 Å². The van der Waals surface area contributed by atoms with Crippen LogP contribution in [0.5, 0.6) is 5.75 Å². The van der Waals surface area contributed by atoms with Crippen LogP contribution in [-0.2, 0) is 9.59 Å². The molecule has 0 aromatic heterocycles. The molecule has 8 heteroatoms. The highest BCUT2D eigenvalue weighted by atomic mass is 19.1. The zero-order chi connectivity index (χ0) is 27.2. The highest BCUT2D eigenvalue weighted by molar-refractivity contribution is 5.96. The largest absolute Gasteiger partial charge is 0.487 e. The highest BCUT2D eigenvalue weighted by Gasteiger charge is 2.51. The number of hydrogen-bond donors (Lipinski definition) is 3. The van der Waals surface area contributed by atoms with Crippen LogP contribution >= 0.6 is 0 Å². The van der Waals surface area contributed by atoms with Crippen LogP contribution in [0.3, 0.4) is 0 Å². The molecule has 5 rings (SSSR count). The summed E-state index contributed by atoms with van der Waals surface area (Å²) in [6.07, 6.45) is 8.10. The van der Waals surface area contributed by atoms with Crippen molar-refractivity contribution in [2.45, 2.75) is 97.1 Å². The van der Waals surface area contributed by atoms with Gasteiger partial charge in [-0.25, -0.2) is 4.39 Å². The van der Waals surface area contributed by atoms with Gasteiger partial charge in [0.15, 0.2) is 11.6 Å². The number of halogens is 1. The summed E-state index contributed by atoms with van der Waals surface area (Å²) in [7, 11) is 0. The second-order valence-electron chi connectivity index (χ2n) is 13.0. The average Bonchev–Trinajstić information content (AvgIpc) is 3.46. The fourth-order valence-corrected chi connectivity index (χ4v) is 7.21. The van der Waals surface area contributed by atoms with Crippen molar-refractivity contribution < 1.29 is 28.6 Å². The first-order valence-corrected chi connectivity index (χ1v) is 14.3. The van der Waals surface area contributed by atoms with Gasteiger partial charge in [-0.15, -0.1) is 0 Å². The van der Waals surface area contributed by atoms with E-state index in [4.69, 9.17) is 4.74 Å². The number of carboxylic acid groups (broad SMARTS) is 1. The minimum Gasteiger partial charge on any atom is -0.487 e. The molecular weight excluding hydrogens is 487 g/mol. The maximum absolute atomic E-state index is 14.8. The third kappa shape index (κ3) is 5.15. The fraction of sp³-hybridized carbons (Fsp3) is 0.700. The zero-order valence-electron chi connectivity index (χ0n) is 22.8. The van der Waals surface area contributed by atoms with E-state index in [-0.39, 0.29) is 52.9 Å². The lowest BCUT2D eigenvalue weighted by molar-refractivity contribution is -0.150. The molecule has 0 spiro atoms. The molecule has 2 amide bonds. The van der Waals surface area contributed by atoms with Crippen molar-refractivity contribution >= 4 is 17.8 Å². The molecule has 4 fully saturated rings. The standard InChI is InChI=1S/C30H41FN2O5/c1-17-13-22(31)23(38-20-7-11-30(3,12-8-20)28(36)37)15-21(17)26(34)33-25-19-6-5-18(14-19)24(25)27(35)32-16-29(2)9-4-10-29/h13,15,18-20,24-25H,4-12,14,16H2,1-3H3,(H,32,35)(H,33,34)(H,36,37)/t18-,19+,20-,24+,25-,30+/m1/s1. The van der Waals surface area contributed by atoms with Gasteiger partial charge in [0.25, 0.3) is 5.91 Å². The molecular formula is C30H41FN2O5. The molecule has 4 aliphatic rings. The maximum Gasteiger partial charge on any atom is 0.309 e. The SMILES string of the molecule is Cc1cc(F)c(O[C@H]2CC[C@@](C)(C(=O)O)CC2)cc1C(=O)N[C@@H]1[C@H]2CC[C@H](C2)[C@@H]1C(=O)NCC1(C)CCC1. The first-order chi connectivity index (χ1) is 18.0. The van der Waals surface area contributed by atoms with E-state index >= 15 is 0 Å². The van der Waals surface area contributed by atoms with Gasteiger partial charge >= 0.3 is 5.97 Å². The van der Waals surface area contributed by atoms with Gasteiger partial charge in [-0.2, -0.15) is 0 Å². The van der Waals surface area contributed by atoms with E-state index in [1.54, 1.807) is 13.8 Å². The summed E-state index contributed by atoms with van der Waals surface area (Å²) in [6, 6.07) is 2.56. The van der Waals surface area contributed by atoms with Crippen molar-refractivity contribution in [3.63, 3.8) is 0 Å². The molecule has 38 heavy (non-hydrogen) atoms. The number of ether oxygens (including phenoxy) is 1. The number of carbonyl (C=O) groups excluding carboxylic acids is 2. The molecule has 0 radical (unpaired) electrons. The number of rotatable bonds is 8. The first-order valence-electron chi connectivity index (χ1n) is 14.3. The minimum absolute atomic E-state index is 0.0145. The van der Waals surface area contributed by atoms with Crippen molar-refractivity contribution in [1.82, 2.24) is 10.6 Å². The summed E-state index contributed by atoms with van der Waals surface area (Å²) >= 11 is 0. The lowest BCUT2D eigenvalue weighted by Gasteiger charge is -2.39. The van der Waals surface area contributed by atoms with E-state index in [2.05, 4.69) is 17.6 Å². The van der Waals surface area contributed by atoms with E-state index in [1.165, 1.54) is 18.6 Å².